The number of aryl methyl sites for hydroxylation is 1. The van der Waals surface area contributed by atoms with E-state index in [1.807, 2.05) is 18.2 Å². The van der Waals surface area contributed by atoms with Crippen molar-refractivity contribution in [3.8, 4) is 11.3 Å². The number of fused-ring (bicyclic) bond motifs is 1. The first-order valence-electron chi connectivity index (χ1n) is 9.30. The minimum atomic E-state index is 0. The summed E-state index contributed by atoms with van der Waals surface area (Å²) in [5.74, 6) is 1.25. The molecular weight excluding hydrogens is 402 g/mol. The van der Waals surface area contributed by atoms with E-state index in [-0.39, 0.29) is 22.9 Å². The first kappa shape index (κ1) is 19.4. The summed E-state index contributed by atoms with van der Waals surface area (Å²) in [6.45, 7) is 3.49. The number of hydrogen-bond acceptors (Lipinski definition) is 1. The van der Waals surface area contributed by atoms with E-state index in [0.29, 0.717) is 6.54 Å². The Labute approximate surface area is 170 Å². The lowest BCUT2D eigenvalue weighted by Gasteiger charge is -2.05. The van der Waals surface area contributed by atoms with Crippen molar-refractivity contribution in [2.45, 2.75) is 39.3 Å². The van der Waals surface area contributed by atoms with Crippen molar-refractivity contribution in [3.05, 3.63) is 72.2 Å². The zero-order valence-electron chi connectivity index (χ0n) is 15.5. The minimum absolute atomic E-state index is 0. The molecule has 2 aromatic carbocycles. The molecule has 1 aliphatic heterocycles. The normalized spacial score (nSPS) is 12.3. The third kappa shape index (κ3) is 4.14. The summed E-state index contributed by atoms with van der Waals surface area (Å²) < 4.78 is 4.45. The summed E-state index contributed by atoms with van der Waals surface area (Å²) in [5, 5.41) is 3.01. The minimum Gasteiger partial charge on any atom is -1.00 e. The standard InChI is InChI=1S/C22H23N3O.BrH/c1-2-17-10-12-19(13-11-17)23-21(26)16-24-15-20(18-7-4-3-5-8-18)25-14-6-9-22(24)25;/h3-5,7-8,10-13,15H,2,6,9,14,16H2,1H3;1H. The van der Waals surface area contributed by atoms with Gasteiger partial charge in [0.2, 0.25) is 0 Å². The van der Waals surface area contributed by atoms with Gasteiger partial charge in [0.05, 0.1) is 13.0 Å². The highest BCUT2D eigenvalue weighted by atomic mass is 79.9. The lowest BCUT2D eigenvalue weighted by molar-refractivity contribution is -0.690. The summed E-state index contributed by atoms with van der Waals surface area (Å²) in [5.41, 5.74) is 4.52. The molecule has 0 fully saturated rings. The van der Waals surface area contributed by atoms with Crippen molar-refractivity contribution in [1.29, 1.82) is 0 Å². The molecule has 0 spiro atoms. The largest absolute Gasteiger partial charge is 1.00 e. The van der Waals surface area contributed by atoms with Gasteiger partial charge >= 0.3 is 0 Å². The van der Waals surface area contributed by atoms with Crippen LogP contribution in [0.2, 0.25) is 0 Å². The van der Waals surface area contributed by atoms with Gasteiger partial charge in [0.25, 0.3) is 11.7 Å². The van der Waals surface area contributed by atoms with E-state index >= 15 is 0 Å². The van der Waals surface area contributed by atoms with Crippen LogP contribution in [0.5, 0.6) is 0 Å². The third-order valence-electron chi connectivity index (χ3n) is 5.02. The molecule has 1 N–H and O–H groups in total. The summed E-state index contributed by atoms with van der Waals surface area (Å²) in [4.78, 5) is 12.5. The summed E-state index contributed by atoms with van der Waals surface area (Å²) in [6.07, 6.45) is 5.27. The van der Waals surface area contributed by atoms with Gasteiger partial charge < -0.3 is 22.3 Å². The van der Waals surface area contributed by atoms with E-state index in [1.54, 1.807) is 0 Å². The molecule has 0 saturated heterocycles. The molecule has 4 nitrogen and oxygen atoms in total. The van der Waals surface area contributed by atoms with Gasteiger partial charge in [-0.3, -0.25) is 4.79 Å². The van der Waals surface area contributed by atoms with E-state index in [4.69, 9.17) is 0 Å². The van der Waals surface area contributed by atoms with Crippen molar-refractivity contribution < 1.29 is 26.3 Å². The zero-order chi connectivity index (χ0) is 17.9. The number of carbonyl (C=O) groups excluding carboxylic acids is 1. The number of anilines is 1. The van der Waals surface area contributed by atoms with Crippen molar-refractivity contribution in [2.24, 2.45) is 0 Å². The van der Waals surface area contributed by atoms with Crippen LogP contribution in [0, 0.1) is 0 Å². The van der Waals surface area contributed by atoms with Crippen LogP contribution < -0.4 is 26.9 Å². The number of nitrogens with zero attached hydrogens (tertiary/aromatic N) is 2. The molecule has 2 heterocycles. The lowest BCUT2D eigenvalue weighted by atomic mass is 10.1. The molecule has 1 amide bonds. The van der Waals surface area contributed by atoms with Crippen molar-refractivity contribution in [3.63, 3.8) is 0 Å². The number of imidazole rings is 1. The van der Waals surface area contributed by atoms with Crippen molar-refractivity contribution in [2.75, 3.05) is 5.32 Å². The predicted molar refractivity (Wildman–Crippen MR) is 103 cm³/mol. The second-order valence-electron chi connectivity index (χ2n) is 6.78. The van der Waals surface area contributed by atoms with Gasteiger partial charge in [-0.25, -0.2) is 9.13 Å². The van der Waals surface area contributed by atoms with Gasteiger partial charge in [-0.2, -0.15) is 0 Å². The van der Waals surface area contributed by atoms with E-state index in [0.717, 1.165) is 31.5 Å². The fourth-order valence-electron chi connectivity index (χ4n) is 3.66. The van der Waals surface area contributed by atoms with Crippen LogP contribution >= 0.6 is 0 Å². The Morgan fingerprint density at radius 2 is 1.85 bits per heavy atom. The van der Waals surface area contributed by atoms with Crippen LogP contribution in [0.4, 0.5) is 5.69 Å². The van der Waals surface area contributed by atoms with Crippen LogP contribution in [0.25, 0.3) is 11.3 Å². The number of halogens is 1. The third-order valence-corrected chi connectivity index (χ3v) is 5.02. The van der Waals surface area contributed by atoms with Crippen LogP contribution in [0.1, 0.15) is 24.7 Å². The quantitative estimate of drug-likeness (QED) is 0.597. The monoisotopic (exact) mass is 425 g/mol. The van der Waals surface area contributed by atoms with Crippen LogP contribution in [0.3, 0.4) is 0 Å². The fourth-order valence-corrected chi connectivity index (χ4v) is 3.66. The van der Waals surface area contributed by atoms with E-state index in [9.17, 15) is 4.79 Å². The predicted octanol–water partition coefficient (Wildman–Crippen LogP) is 0.594. The molecule has 0 unspecified atom stereocenters. The number of rotatable bonds is 5. The van der Waals surface area contributed by atoms with Gasteiger partial charge in [-0.1, -0.05) is 49.4 Å². The molecule has 0 bridgehead atoms. The van der Waals surface area contributed by atoms with Crippen molar-refractivity contribution in [1.82, 2.24) is 4.57 Å². The molecule has 0 atom stereocenters. The van der Waals surface area contributed by atoms with Crippen LogP contribution in [-0.2, 0) is 30.7 Å². The SMILES string of the molecule is CCc1ccc(NC(=O)C[n+]2cc(-c3ccccc3)n3c2CCC3)cc1.[Br-]. The van der Waals surface area contributed by atoms with Gasteiger partial charge in [0, 0.05) is 11.3 Å². The van der Waals surface area contributed by atoms with Gasteiger partial charge in [-0.15, -0.1) is 0 Å². The molecule has 1 aromatic heterocycles. The number of hydrogen-bond donors (Lipinski definition) is 1. The van der Waals surface area contributed by atoms with Crippen LogP contribution in [-0.4, -0.2) is 10.5 Å². The molecule has 3 aromatic rings. The average molecular weight is 426 g/mol. The van der Waals surface area contributed by atoms with Gasteiger partial charge in [0.15, 0.2) is 12.2 Å². The summed E-state index contributed by atoms with van der Waals surface area (Å²) in [6, 6.07) is 18.5. The molecule has 0 radical (unpaired) electrons. The maximum Gasteiger partial charge on any atom is 0.266 e. The smallest absolute Gasteiger partial charge is 0.266 e. The highest BCUT2D eigenvalue weighted by Crippen LogP contribution is 2.24. The van der Waals surface area contributed by atoms with Crippen LogP contribution in [0.15, 0.2) is 60.8 Å². The van der Waals surface area contributed by atoms with Crippen molar-refractivity contribution >= 4 is 11.6 Å². The lowest BCUT2D eigenvalue weighted by Crippen LogP contribution is -3.00. The number of nitrogens with one attached hydrogen (secondary N) is 1. The topological polar surface area (TPSA) is 37.9 Å². The second kappa shape index (κ2) is 8.53. The van der Waals surface area contributed by atoms with Gasteiger partial charge in [-0.05, 0) is 30.5 Å². The molecule has 4 rings (SSSR count). The second-order valence-corrected chi connectivity index (χ2v) is 6.78. The number of amides is 1. The van der Waals surface area contributed by atoms with E-state index in [2.05, 4.69) is 64.0 Å². The molecule has 27 heavy (non-hydrogen) atoms. The maximum atomic E-state index is 12.5. The average Bonchev–Trinajstić information content (AvgIpc) is 3.27. The number of aromatic nitrogens is 2. The zero-order valence-corrected chi connectivity index (χ0v) is 17.1. The Morgan fingerprint density at radius 1 is 1.11 bits per heavy atom. The molecule has 140 valence electrons. The highest BCUT2D eigenvalue weighted by molar-refractivity contribution is 5.89. The first-order chi connectivity index (χ1) is 12.7. The Morgan fingerprint density at radius 3 is 2.56 bits per heavy atom. The Balaban J connectivity index is 0.00000210. The Hall–Kier alpha value is -2.40. The first-order valence-corrected chi connectivity index (χ1v) is 9.30. The van der Waals surface area contributed by atoms with Gasteiger partial charge in [0.1, 0.15) is 6.20 Å². The molecular formula is C22H24BrN3O. The maximum absolute atomic E-state index is 12.5. The van der Waals surface area contributed by atoms with E-state index < -0.39 is 0 Å². The number of benzene rings is 2. The fraction of sp³-hybridized carbons (Fsp3) is 0.273. The molecule has 1 aliphatic rings. The number of carbonyl (C=O) groups is 1. The summed E-state index contributed by atoms with van der Waals surface area (Å²) in [7, 11) is 0. The highest BCUT2D eigenvalue weighted by Gasteiger charge is 2.29. The molecule has 5 heteroatoms. The Kier molecular flexibility index (Phi) is 6.11. The molecule has 0 aliphatic carbocycles. The molecule has 0 saturated carbocycles. The Bertz CT molecular complexity index is 917. The van der Waals surface area contributed by atoms with E-state index in [1.165, 1.54) is 22.6 Å². The summed E-state index contributed by atoms with van der Waals surface area (Å²) >= 11 is 0.